The van der Waals surface area contributed by atoms with E-state index in [2.05, 4.69) is 13.8 Å². The van der Waals surface area contributed by atoms with Crippen LogP contribution in [0.4, 0.5) is 13.2 Å². The molecule has 0 radical (unpaired) electrons. The first kappa shape index (κ1) is 40.6. The predicted molar refractivity (Wildman–Crippen MR) is 184 cm³/mol. The summed E-state index contributed by atoms with van der Waals surface area (Å²) in [6.45, 7) is 14.8. The molecule has 0 heterocycles. The highest BCUT2D eigenvalue weighted by Gasteiger charge is 2.31. The van der Waals surface area contributed by atoms with Gasteiger partial charge in [0.1, 0.15) is 23.0 Å². The van der Waals surface area contributed by atoms with E-state index in [9.17, 15) is 13.2 Å². The summed E-state index contributed by atoms with van der Waals surface area (Å²) in [7, 11) is 0. The van der Waals surface area contributed by atoms with Gasteiger partial charge in [0.15, 0.2) is 0 Å². The molecular formula is C37H55F3N2O4. The van der Waals surface area contributed by atoms with E-state index in [1.54, 1.807) is 42.5 Å². The first-order valence-electron chi connectivity index (χ1n) is 16.7. The highest BCUT2D eigenvalue weighted by atomic mass is 19.4. The zero-order valence-corrected chi connectivity index (χ0v) is 28.6. The topological polar surface area (TPSA) is 89.0 Å². The van der Waals surface area contributed by atoms with Crippen LogP contribution in [0.5, 0.6) is 23.0 Å². The smallest absolute Gasteiger partial charge is 0.416 e. The minimum absolute atomic E-state index is 0.382. The number of hydrogen-bond acceptors (Lipinski definition) is 6. The van der Waals surface area contributed by atoms with Crippen molar-refractivity contribution in [1.82, 2.24) is 0 Å². The van der Waals surface area contributed by atoms with Crippen LogP contribution in [-0.2, 0) is 6.18 Å². The quantitative estimate of drug-likeness (QED) is 0.134. The Morgan fingerprint density at radius 1 is 0.478 bits per heavy atom. The predicted octanol–water partition coefficient (Wildman–Crippen LogP) is 9.90. The molecule has 0 saturated carbocycles. The third kappa shape index (κ3) is 14.3. The van der Waals surface area contributed by atoms with Gasteiger partial charge in [-0.3, -0.25) is 0 Å². The van der Waals surface area contributed by atoms with E-state index in [1.165, 1.54) is 0 Å². The Morgan fingerprint density at radius 2 is 0.783 bits per heavy atom. The molecule has 0 bridgehead atoms. The lowest BCUT2D eigenvalue weighted by Crippen LogP contribution is -2.07. The van der Waals surface area contributed by atoms with Crippen molar-refractivity contribution in [3.05, 3.63) is 60.2 Å². The van der Waals surface area contributed by atoms with Gasteiger partial charge in [0.2, 0.25) is 0 Å². The van der Waals surface area contributed by atoms with E-state index in [0.717, 1.165) is 37.8 Å². The zero-order chi connectivity index (χ0) is 34.4. The maximum atomic E-state index is 14.2. The number of hydrogen-bond donors (Lipinski definition) is 2. The van der Waals surface area contributed by atoms with Crippen LogP contribution >= 0.6 is 0 Å². The van der Waals surface area contributed by atoms with E-state index in [4.69, 9.17) is 30.4 Å². The largest absolute Gasteiger partial charge is 0.493 e. The first-order chi connectivity index (χ1) is 22.3. The van der Waals surface area contributed by atoms with Crippen LogP contribution in [-0.4, -0.2) is 39.5 Å². The second-order valence-electron chi connectivity index (χ2n) is 10.1. The van der Waals surface area contributed by atoms with Gasteiger partial charge in [-0.2, -0.15) is 13.2 Å². The molecule has 6 nitrogen and oxygen atoms in total. The molecule has 9 heteroatoms. The van der Waals surface area contributed by atoms with Crippen molar-refractivity contribution < 1.29 is 32.1 Å². The maximum absolute atomic E-state index is 14.2. The second kappa shape index (κ2) is 23.0. The van der Waals surface area contributed by atoms with Gasteiger partial charge < -0.3 is 30.4 Å². The molecule has 258 valence electrons. The molecular weight excluding hydrogens is 593 g/mol. The fourth-order valence-electron chi connectivity index (χ4n) is 4.15. The Balaban J connectivity index is 0.00000254. The molecule has 46 heavy (non-hydrogen) atoms. The molecule has 0 spiro atoms. The van der Waals surface area contributed by atoms with E-state index < -0.39 is 11.7 Å². The van der Waals surface area contributed by atoms with Crippen LogP contribution in [0.15, 0.2) is 54.6 Å². The lowest BCUT2D eigenvalue weighted by atomic mass is 9.95. The van der Waals surface area contributed by atoms with Crippen molar-refractivity contribution in [2.75, 3.05) is 39.5 Å². The number of halogens is 3. The van der Waals surface area contributed by atoms with E-state index in [1.807, 2.05) is 27.7 Å². The summed E-state index contributed by atoms with van der Waals surface area (Å²) in [5, 5.41) is 0. The molecule has 0 atom stereocenters. The van der Waals surface area contributed by atoms with Gasteiger partial charge in [-0.25, -0.2) is 0 Å². The van der Waals surface area contributed by atoms with Gasteiger partial charge in [-0.05, 0) is 103 Å². The molecule has 0 aromatic heterocycles. The number of ether oxygens (including phenoxy) is 4. The van der Waals surface area contributed by atoms with Crippen molar-refractivity contribution in [1.29, 1.82) is 0 Å². The molecule has 0 aliphatic heterocycles. The van der Waals surface area contributed by atoms with Crippen molar-refractivity contribution in [2.45, 2.75) is 86.2 Å². The second-order valence-corrected chi connectivity index (χ2v) is 10.1. The average Bonchev–Trinajstić information content (AvgIpc) is 3.06. The first-order valence-corrected chi connectivity index (χ1v) is 16.7. The molecule has 0 unspecified atom stereocenters. The van der Waals surface area contributed by atoms with Gasteiger partial charge in [-0.1, -0.05) is 54.4 Å². The number of benzene rings is 3. The number of unbranched alkanes of at least 4 members (excludes halogenated alkanes) is 2. The van der Waals surface area contributed by atoms with E-state index >= 15 is 0 Å². The summed E-state index contributed by atoms with van der Waals surface area (Å²) in [4.78, 5) is 0. The van der Waals surface area contributed by atoms with Crippen LogP contribution in [0.3, 0.4) is 0 Å². The third-order valence-electron chi connectivity index (χ3n) is 6.45. The Hall–Kier alpha value is -3.43. The Kier molecular flexibility index (Phi) is 20.3. The molecule has 0 saturated heterocycles. The molecule has 0 aliphatic carbocycles. The standard InChI is InChI=1S/C33H43F3N2O4.2C2H6/c1-3-5-11-39-29-18-26(20-31(22-29)41-13-7-9-37)24-15-25(17-28(16-24)33(34,35)36)27-19-30(40-12-6-4-2)23-32(21-27)42-14-8-10-38;2*1-2/h15-23H,3-14,37-38H2,1-2H3;2*1-2H3. The minimum Gasteiger partial charge on any atom is -0.493 e. The van der Waals surface area contributed by atoms with Gasteiger partial charge in [0.25, 0.3) is 0 Å². The summed E-state index contributed by atoms with van der Waals surface area (Å²) in [5.74, 6) is 2.08. The lowest BCUT2D eigenvalue weighted by molar-refractivity contribution is -0.137. The van der Waals surface area contributed by atoms with Gasteiger partial charge in [-0.15, -0.1) is 0 Å². The normalized spacial score (nSPS) is 10.7. The fourth-order valence-corrected chi connectivity index (χ4v) is 4.15. The number of alkyl halides is 3. The summed E-state index contributed by atoms with van der Waals surface area (Å²) in [5.41, 5.74) is 12.3. The molecule has 0 fully saturated rings. The molecule has 3 aromatic rings. The minimum atomic E-state index is -4.56. The molecule has 4 N–H and O–H groups in total. The van der Waals surface area contributed by atoms with Crippen molar-refractivity contribution >= 4 is 0 Å². The van der Waals surface area contributed by atoms with E-state index in [-0.39, 0.29) is 0 Å². The number of nitrogens with two attached hydrogens (primary N) is 2. The van der Waals surface area contributed by atoms with Crippen molar-refractivity contribution in [3.63, 3.8) is 0 Å². The Bertz CT molecular complexity index is 1110. The third-order valence-corrected chi connectivity index (χ3v) is 6.45. The SMILES string of the molecule is CC.CC.CCCCOc1cc(OCCCN)cc(-c2cc(-c3cc(OCCCC)cc(OCCCN)c3)cc(C(F)(F)F)c2)c1. The molecule has 0 aliphatic rings. The molecule has 3 rings (SSSR count). The zero-order valence-electron chi connectivity index (χ0n) is 28.6. The monoisotopic (exact) mass is 648 g/mol. The van der Waals surface area contributed by atoms with Crippen LogP contribution in [0.1, 0.15) is 85.6 Å². The average molecular weight is 649 g/mol. The van der Waals surface area contributed by atoms with Crippen molar-refractivity contribution in [2.24, 2.45) is 11.5 Å². The maximum Gasteiger partial charge on any atom is 0.416 e. The van der Waals surface area contributed by atoms with Gasteiger partial charge >= 0.3 is 6.18 Å². The van der Waals surface area contributed by atoms with Gasteiger partial charge in [0, 0.05) is 12.1 Å². The van der Waals surface area contributed by atoms with Crippen LogP contribution < -0.4 is 30.4 Å². The van der Waals surface area contributed by atoms with Gasteiger partial charge in [0.05, 0.1) is 32.0 Å². The van der Waals surface area contributed by atoms with E-state index in [0.29, 0.717) is 97.6 Å². The van der Waals surface area contributed by atoms with Crippen LogP contribution in [0, 0.1) is 0 Å². The highest BCUT2D eigenvalue weighted by Crippen LogP contribution is 2.40. The summed E-state index contributed by atoms with van der Waals surface area (Å²) < 4.78 is 66.2. The fraction of sp³-hybridized carbons (Fsp3) is 0.514. The van der Waals surface area contributed by atoms with Crippen LogP contribution in [0.25, 0.3) is 22.3 Å². The van der Waals surface area contributed by atoms with Crippen LogP contribution in [0.2, 0.25) is 0 Å². The molecule has 3 aromatic carbocycles. The number of rotatable bonds is 18. The summed E-state index contributed by atoms with van der Waals surface area (Å²) in [6.07, 6.45) is 0.357. The molecule has 0 amide bonds. The highest BCUT2D eigenvalue weighted by molar-refractivity contribution is 5.77. The summed E-state index contributed by atoms with van der Waals surface area (Å²) >= 11 is 0. The Labute approximate surface area is 274 Å². The summed E-state index contributed by atoms with van der Waals surface area (Å²) in [6, 6.07) is 14.5. The Morgan fingerprint density at radius 3 is 1.07 bits per heavy atom. The lowest BCUT2D eigenvalue weighted by Gasteiger charge is -2.17. The van der Waals surface area contributed by atoms with Crippen molar-refractivity contribution in [3.8, 4) is 45.3 Å².